The molecule has 0 aromatic heterocycles. The average molecular weight is 262 g/mol. The molecular formula is C16H26N2O. The minimum atomic E-state index is -0.0678. The number of urea groups is 1. The summed E-state index contributed by atoms with van der Waals surface area (Å²) < 4.78 is 0. The maximum absolute atomic E-state index is 11.8. The highest BCUT2D eigenvalue weighted by atomic mass is 16.2. The van der Waals surface area contributed by atoms with Gasteiger partial charge in [-0.05, 0) is 38.2 Å². The highest BCUT2D eigenvalue weighted by Crippen LogP contribution is 2.05. The van der Waals surface area contributed by atoms with Gasteiger partial charge < -0.3 is 10.6 Å². The molecule has 2 unspecified atom stereocenters. The summed E-state index contributed by atoms with van der Waals surface area (Å²) in [5.74, 6) is 0.449. The number of amides is 2. The van der Waals surface area contributed by atoms with Crippen LogP contribution in [0.25, 0.3) is 0 Å². The molecule has 2 atom stereocenters. The second-order valence-corrected chi connectivity index (χ2v) is 5.58. The molecule has 19 heavy (non-hydrogen) atoms. The molecule has 0 fully saturated rings. The average Bonchev–Trinajstić information content (AvgIpc) is 2.37. The summed E-state index contributed by atoms with van der Waals surface area (Å²) in [6, 6.07) is 10.7. The molecule has 2 amide bonds. The van der Waals surface area contributed by atoms with Gasteiger partial charge >= 0.3 is 6.03 Å². The van der Waals surface area contributed by atoms with Crippen molar-refractivity contribution >= 4 is 6.03 Å². The number of hydrogen-bond acceptors (Lipinski definition) is 1. The van der Waals surface area contributed by atoms with Crippen LogP contribution in [0.15, 0.2) is 30.3 Å². The first kappa shape index (κ1) is 15.5. The van der Waals surface area contributed by atoms with Crippen LogP contribution in [0.4, 0.5) is 4.79 Å². The Labute approximate surface area is 116 Å². The number of aryl methyl sites for hydroxylation is 1. The van der Waals surface area contributed by atoms with E-state index in [-0.39, 0.29) is 18.1 Å². The summed E-state index contributed by atoms with van der Waals surface area (Å²) in [6.45, 7) is 8.27. The molecule has 1 aromatic rings. The Hall–Kier alpha value is -1.51. The topological polar surface area (TPSA) is 41.1 Å². The van der Waals surface area contributed by atoms with Gasteiger partial charge in [0.15, 0.2) is 0 Å². The third-order valence-electron chi connectivity index (χ3n) is 3.45. The lowest BCUT2D eigenvalue weighted by atomic mass is 10.1. The van der Waals surface area contributed by atoms with Crippen molar-refractivity contribution < 1.29 is 4.79 Å². The lowest BCUT2D eigenvalue weighted by Gasteiger charge is -2.20. The zero-order chi connectivity index (χ0) is 14.3. The van der Waals surface area contributed by atoms with E-state index in [1.165, 1.54) is 5.56 Å². The van der Waals surface area contributed by atoms with Gasteiger partial charge in [0, 0.05) is 12.1 Å². The third kappa shape index (κ3) is 6.27. The fourth-order valence-corrected chi connectivity index (χ4v) is 1.74. The number of rotatable bonds is 6. The van der Waals surface area contributed by atoms with Crippen LogP contribution in [0.3, 0.4) is 0 Å². The molecule has 0 aliphatic heterocycles. The number of hydrogen-bond donors (Lipinski definition) is 2. The Balaban J connectivity index is 2.27. The van der Waals surface area contributed by atoms with Crippen molar-refractivity contribution in [2.24, 2.45) is 5.92 Å². The maximum Gasteiger partial charge on any atom is 0.315 e. The summed E-state index contributed by atoms with van der Waals surface area (Å²) >= 11 is 0. The Bertz CT molecular complexity index is 376. The van der Waals surface area contributed by atoms with Gasteiger partial charge in [0.05, 0.1) is 0 Å². The van der Waals surface area contributed by atoms with E-state index in [2.05, 4.69) is 36.6 Å². The van der Waals surface area contributed by atoms with Crippen molar-refractivity contribution in [2.45, 2.75) is 52.6 Å². The normalized spacial score (nSPS) is 13.9. The van der Waals surface area contributed by atoms with Crippen molar-refractivity contribution in [2.75, 3.05) is 0 Å². The molecule has 0 heterocycles. The van der Waals surface area contributed by atoms with Gasteiger partial charge in [0.2, 0.25) is 0 Å². The van der Waals surface area contributed by atoms with E-state index >= 15 is 0 Å². The number of carbonyl (C=O) groups excluding carboxylic acids is 1. The summed E-state index contributed by atoms with van der Waals surface area (Å²) in [4.78, 5) is 11.8. The molecule has 0 aliphatic rings. The fraction of sp³-hybridized carbons (Fsp3) is 0.562. The first-order chi connectivity index (χ1) is 8.99. The van der Waals surface area contributed by atoms with Crippen molar-refractivity contribution in [1.29, 1.82) is 0 Å². The minimum Gasteiger partial charge on any atom is -0.336 e. The highest BCUT2D eigenvalue weighted by molar-refractivity contribution is 5.74. The second-order valence-electron chi connectivity index (χ2n) is 5.58. The predicted molar refractivity (Wildman–Crippen MR) is 80.2 cm³/mol. The molecule has 1 rings (SSSR count). The molecule has 0 bridgehead atoms. The predicted octanol–water partition coefficient (Wildman–Crippen LogP) is 3.35. The lowest BCUT2D eigenvalue weighted by molar-refractivity contribution is 0.230. The molecule has 0 saturated heterocycles. The molecule has 0 radical (unpaired) electrons. The molecule has 3 nitrogen and oxygen atoms in total. The van der Waals surface area contributed by atoms with E-state index in [0.717, 1.165) is 12.8 Å². The summed E-state index contributed by atoms with van der Waals surface area (Å²) in [5, 5.41) is 5.94. The Morgan fingerprint density at radius 2 is 1.68 bits per heavy atom. The van der Waals surface area contributed by atoms with E-state index < -0.39 is 0 Å². The van der Waals surface area contributed by atoms with Gasteiger partial charge in [0.1, 0.15) is 0 Å². The fourth-order valence-electron chi connectivity index (χ4n) is 1.74. The summed E-state index contributed by atoms with van der Waals surface area (Å²) in [7, 11) is 0. The van der Waals surface area contributed by atoms with E-state index in [1.807, 2.05) is 32.0 Å². The van der Waals surface area contributed by atoms with E-state index in [9.17, 15) is 4.79 Å². The number of nitrogens with one attached hydrogen (secondary N) is 2. The number of benzene rings is 1. The van der Waals surface area contributed by atoms with Crippen molar-refractivity contribution in [3.63, 3.8) is 0 Å². The molecule has 3 heteroatoms. The zero-order valence-corrected chi connectivity index (χ0v) is 12.4. The maximum atomic E-state index is 11.8. The Morgan fingerprint density at radius 3 is 2.26 bits per heavy atom. The Morgan fingerprint density at radius 1 is 1.05 bits per heavy atom. The first-order valence-electron chi connectivity index (χ1n) is 7.10. The standard InChI is InChI=1S/C16H26N2O/c1-12(2)14(4)18-16(19)17-13(3)10-11-15-8-6-5-7-9-15/h5-9,12-14H,10-11H2,1-4H3,(H2,17,18,19). The van der Waals surface area contributed by atoms with Gasteiger partial charge in [-0.2, -0.15) is 0 Å². The van der Waals surface area contributed by atoms with Crippen LogP contribution in [0.2, 0.25) is 0 Å². The van der Waals surface area contributed by atoms with E-state index in [0.29, 0.717) is 5.92 Å². The largest absolute Gasteiger partial charge is 0.336 e. The summed E-state index contributed by atoms with van der Waals surface area (Å²) in [5.41, 5.74) is 1.31. The van der Waals surface area contributed by atoms with Gasteiger partial charge in [-0.15, -0.1) is 0 Å². The molecule has 0 spiro atoms. The van der Waals surface area contributed by atoms with Gasteiger partial charge in [-0.3, -0.25) is 0 Å². The van der Waals surface area contributed by atoms with Crippen LogP contribution in [0.1, 0.15) is 39.7 Å². The third-order valence-corrected chi connectivity index (χ3v) is 3.45. The zero-order valence-electron chi connectivity index (χ0n) is 12.4. The van der Waals surface area contributed by atoms with Crippen molar-refractivity contribution in [3.8, 4) is 0 Å². The van der Waals surface area contributed by atoms with Crippen LogP contribution < -0.4 is 10.6 Å². The molecule has 0 aliphatic carbocycles. The summed E-state index contributed by atoms with van der Waals surface area (Å²) in [6.07, 6.45) is 1.94. The van der Waals surface area contributed by atoms with Crippen LogP contribution >= 0.6 is 0 Å². The van der Waals surface area contributed by atoms with Crippen LogP contribution in [-0.2, 0) is 6.42 Å². The first-order valence-corrected chi connectivity index (χ1v) is 7.10. The molecule has 1 aromatic carbocycles. The van der Waals surface area contributed by atoms with Crippen molar-refractivity contribution in [1.82, 2.24) is 10.6 Å². The molecular weight excluding hydrogens is 236 g/mol. The Kier molecular flexibility index (Phi) is 6.40. The van der Waals surface area contributed by atoms with Crippen LogP contribution in [0, 0.1) is 5.92 Å². The van der Waals surface area contributed by atoms with Gasteiger partial charge in [0.25, 0.3) is 0 Å². The van der Waals surface area contributed by atoms with E-state index in [1.54, 1.807) is 0 Å². The van der Waals surface area contributed by atoms with Crippen LogP contribution in [0.5, 0.6) is 0 Å². The minimum absolute atomic E-state index is 0.0678. The van der Waals surface area contributed by atoms with Gasteiger partial charge in [-0.1, -0.05) is 44.2 Å². The smallest absolute Gasteiger partial charge is 0.315 e. The van der Waals surface area contributed by atoms with Crippen molar-refractivity contribution in [3.05, 3.63) is 35.9 Å². The SMILES string of the molecule is CC(CCc1ccccc1)NC(=O)NC(C)C(C)C. The molecule has 106 valence electrons. The van der Waals surface area contributed by atoms with Gasteiger partial charge in [-0.25, -0.2) is 4.79 Å². The highest BCUT2D eigenvalue weighted by Gasteiger charge is 2.12. The molecule has 2 N–H and O–H groups in total. The monoisotopic (exact) mass is 262 g/mol. The number of carbonyl (C=O) groups is 1. The second kappa shape index (κ2) is 7.82. The van der Waals surface area contributed by atoms with Crippen LogP contribution in [-0.4, -0.2) is 18.1 Å². The lowest BCUT2D eigenvalue weighted by Crippen LogP contribution is -2.46. The van der Waals surface area contributed by atoms with E-state index in [4.69, 9.17) is 0 Å². The molecule has 0 saturated carbocycles. The quantitative estimate of drug-likeness (QED) is 0.811.